The maximum Gasteiger partial charge on any atom is 0.305 e. The van der Waals surface area contributed by atoms with Gasteiger partial charge in [-0.1, -0.05) is 12.8 Å². The van der Waals surface area contributed by atoms with Crippen molar-refractivity contribution in [3.63, 3.8) is 0 Å². The molecule has 0 aliphatic carbocycles. The molecule has 0 aliphatic rings. The van der Waals surface area contributed by atoms with Gasteiger partial charge in [-0.25, -0.2) is 0 Å². The fourth-order valence-corrected chi connectivity index (χ4v) is 1.90. The topological polar surface area (TPSA) is 85.9 Å². The van der Waals surface area contributed by atoms with Gasteiger partial charge in [0, 0.05) is 18.7 Å². The van der Waals surface area contributed by atoms with Crippen molar-refractivity contribution >= 4 is 17.6 Å². The summed E-state index contributed by atoms with van der Waals surface area (Å²) in [5, 5.41) is 3.03. The van der Waals surface area contributed by atoms with Crippen molar-refractivity contribution in [2.24, 2.45) is 10.7 Å². The number of nitrogens with two attached hydrogens (primary N) is 1. The second-order valence-corrected chi connectivity index (χ2v) is 4.86. The first-order valence-corrected chi connectivity index (χ1v) is 7.43. The molecule has 1 aromatic rings. The second-order valence-electron chi connectivity index (χ2n) is 4.86. The number of hydrogen-bond acceptors (Lipinski definition) is 4. The van der Waals surface area contributed by atoms with E-state index in [1.54, 1.807) is 7.11 Å². The summed E-state index contributed by atoms with van der Waals surface area (Å²) >= 11 is 0. The second kappa shape index (κ2) is 10.5. The normalized spacial score (nSPS) is 11.1. The van der Waals surface area contributed by atoms with Gasteiger partial charge >= 0.3 is 5.97 Å². The Morgan fingerprint density at radius 3 is 2.45 bits per heavy atom. The molecule has 6 heteroatoms. The number of rotatable bonds is 9. The minimum atomic E-state index is -0.147. The molecule has 0 bridgehead atoms. The van der Waals surface area contributed by atoms with E-state index in [0.717, 1.165) is 37.1 Å². The van der Waals surface area contributed by atoms with Gasteiger partial charge in [0.15, 0.2) is 5.96 Å². The van der Waals surface area contributed by atoms with Crippen molar-refractivity contribution in [2.75, 3.05) is 26.1 Å². The molecule has 0 saturated heterocycles. The Morgan fingerprint density at radius 2 is 1.82 bits per heavy atom. The Balaban J connectivity index is 2.16. The molecule has 0 aromatic heterocycles. The fourth-order valence-electron chi connectivity index (χ4n) is 1.90. The van der Waals surface area contributed by atoms with E-state index in [2.05, 4.69) is 15.0 Å². The van der Waals surface area contributed by atoms with Crippen LogP contribution in [0.15, 0.2) is 29.3 Å². The van der Waals surface area contributed by atoms with Crippen LogP contribution in [0.4, 0.5) is 5.69 Å². The third kappa shape index (κ3) is 7.52. The quantitative estimate of drug-likeness (QED) is 0.317. The average molecular weight is 307 g/mol. The highest BCUT2D eigenvalue weighted by molar-refractivity contribution is 5.92. The minimum absolute atomic E-state index is 0.147. The number of methoxy groups -OCH3 is 2. The highest BCUT2D eigenvalue weighted by Crippen LogP contribution is 2.14. The number of hydrogen-bond donors (Lipinski definition) is 2. The summed E-state index contributed by atoms with van der Waals surface area (Å²) in [7, 11) is 3.04. The Labute approximate surface area is 131 Å². The Kier molecular flexibility index (Phi) is 8.49. The number of anilines is 1. The van der Waals surface area contributed by atoms with E-state index in [1.165, 1.54) is 7.11 Å². The predicted octanol–water partition coefficient (Wildman–Crippen LogP) is 2.55. The van der Waals surface area contributed by atoms with Crippen molar-refractivity contribution in [1.82, 2.24) is 0 Å². The summed E-state index contributed by atoms with van der Waals surface area (Å²) in [6.45, 7) is 0.674. The maximum absolute atomic E-state index is 10.9. The fraction of sp³-hybridized carbons (Fsp3) is 0.500. The summed E-state index contributed by atoms with van der Waals surface area (Å²) in [5.41, 5.74) is 6.70. The zero-order valence-electron chi connectivity index (χ0n) is 13.3. The van der Waals surface area contributed by atoms with Crippen LogP contribution < -0.4 is 15.8 Å². The molecule has 0 fully saturated rings. The zero-order valence-corrected chi connectivity index (χ0v) is 13.3. The molecule has 122 valence electrons. The van der Waals surface area contributed by atoms with Crippen molar-refractivity contribution < 1.29 is 14.3 Å². The number of unbranched alkanes of at least 4 members (excludes halogenated alkanes) is 3. The molecule has 1 aromatic carbocycles. The molecule has 0 saturated carbocycles. The van der Waals surface area contributed by atoms with Gasteiger partial charge in [0.05, 0.1) is 14.2 Å². The number of aliphatic imine (C=N–C) groups is 1. The van der Waals surface area contributed by atoms with Crippen LogP contribution in [0.2, 0.25) is 0 Å². The number of guanidine groups is 1. The molecular formula is C16H25N3O3. The van der Waals surface area contributed by atoms with Gasteiger partial charge in [-0.2, -0.15) is 0 Å². The molecule has 0 atom stereocenters. The lowest BCUT2D eigenvalue weighted by Crippen LogP contribution is -2.22. The number of nitrogens with one attached hydrogen (secondary N) is 1. The molecule has 3 N–H and O–H groups in total. The van der Waals surface area contributed by atoms with E-state index < -0.39 is 0 Å². The molecule has 0 radical (unpaired) electrons. The van der Waals surface area contributed by atoms with Crippen LogP contribution in [0.1, 0.15) is 32.1 Å². The third-order valence-corrected chi connectivity index (χ3v) is 3.16. The largest absolute Gasteiger partial charge is 0.497 e. The SMILES string of the molecule is COC(=O)CCCCCCN=C(N)Nc1ccc(OC)cc1. The Morgan fingerprint density at radius 1 is 1.14 bits per heavy atom. The number of carbonyl (C=O) groups is 1. The molecule has 0 amide bonds. The highest BCUT2D eigenvalue weighted by Gasteiger charge is 1.99. The van der Waals surface area contributed by atoms with Gasteiger partial charge in [0.2, 0.25) is 0 Å². The third-order valence-electron chi connectivity index (χ3n) is 3.16. The summed E-state index contributed by atoms with van der Waals surface area (Å²) in [6.07, 6.45) is 4.32. The van der Waals surface area contributed by atoms with Crippen molar-refractivity contribution in [2.45, 2.75) is 32.1 Å². The molecule has 0 aliphatic heterocycles. The standard InChI is InChI=1S/C16H25N3O3/c1-21-14-10-8-13(9-11-14)19-16(17)18-12-6-4-3-5-7-15(20)22-2/h8-11H,3-7,12H2,1-2H3,(H3,17,18,19). The smallest absolute Gasteiger partial charge is 0.305 e. The lowest BCUT2D eigenvalue weighted by atomic mass is 10.1. The summed E-state index contributed by atoms with van der Waals surface area (Å²) in [4.78, 5) is 15.2. The number of ether oxygens (including phenoxy) is 2. The van der Waals surface area contributed by atoms with Crippen LogP contribution in [0.25, 0.3) is 0 Å². The molecule has 0 spiro atoms. The number of carbonyl (C=O) groups excluding carboxylic acids is 1. The molecule has 22 heavy (non-hydrogen) atoms. The van der Waals surface area contributed by atoms with E-state index in [4.69, 9.17) is 10.5 Å². The van der Waals surface area contributed by atoms with Crippen molar-refractivity contribution in [3.05, 3.63) is 24.3 Å². The van der Waals surface area contributed by atoms with Crippen LogP contribution >= 0.6 is 0 Å². The lowest BCUT2D eigenvalue weighted by Gasteiger charge is -2.06. The highest BCUT2D eigenvalue weighted by atomic mass is 16.5. The molecule has 1 rings (SSSR count). The summed E-state index contributed by atoms with van der Waals surface area (Å²) in [5.74, 6) is 1.05. The van der Waals surface area contributed by atoms with Crippen LogP contribution in [0.3, 0.4) is 0 Å². The van der Waals surface area contributed by atoms with E-state index in [0.29, 0.717) is 18.9 Å². The van der Waals surface area contributed by atoms with Gasteiger partial charge in [0.25, 0.3) is 0 Å². The van der Waals surface area contributed by atoms with E-state index in [9.17, 15) is 4.79 Å². The van der Waals surface area contributed by atoms with Gasteiger partial charge < -0.3 is 20.5 Å². The van der Waals surface area contributed by atoms with E-state index in [-0.39, 0.29) is 5.97 Å². The van der Waals surface area contributed by atoms with E-state index in [1.807, 2.05) is 24.3 Å². The maximum atomic E-state index is 10.9. The molecular weight excluding hydrogens is 282 g/mol. The van der Waals surface area contributed by atoms with Crippen LogP contribution in [0.5, 0.6) is 5.75 Å². The van der Waals surface area contributed by atoms with Gasteiger partial charge in [-0.3, -0.25) is 9.79 Å². The lowest BCUT2D eigenvalue weighted by molar-refractivity contribution is -0.140. The molecule has 0 unspecified atom stereocenters. The monoisotopic (exact) mass is 307 g/mol. The predicted molar refractivity (Wildman–Crippen MR) is 88.2 cm³/mol. The summed E-state index contributed by atoms with van der Waals surface area (Å²) < 4.78 is 9.68. The number of esters is 1. The molecule has 6 nitrogen and oxygen atoms in total. The molecule has 0 heterocycles. The van der Waals surface area contributed by atoms with Crippen LogP contribution in [0, 0.1) is 0 Å². The Bertz CT molecular complexity index is 472. The van der Waals surface area contributed by atoms with Gasteiger partial charge in [0.1, 0.15) is 5.75 Å². The van der Waals surface area contributed by atoms with Crippen molar-refractivity contribution in [1.29, 1.82) is 0 Å². The first kappa shape index (κ1) is 17.8. The first-order valence-electron chi connectivity index (χ1n) is 7.43. The average Bonchev–Trinajstić information content (AvgIpc) is 2.54. The van der Waals surface area contributed by atoms with E-state index >= 15 is 0 Å². The number of nitrogens with zero attached hydrogens (tertiary/aromatic N) is 1. The number of benzene rings is 1. The van der Waals surface area contributed by atoms with Gasteiger partial charge in [-0.15, -0.1) is 0 Å². The van der Waals surface area contributed by atoms with Crippen molar-refractivity contribution in [3.8, 4) is 5.75 Å². The van der Waals surface area contributed by atoms with Crippen LogP contribution in [-0.4, -0.2) is 32.7 Å². The minimum Gasteiger partial charge on any atom is -0.497 e. The Hall–Kier alpha value is -2.24. The van der Waals surface area contributed by atoms with Crippen LogP contribution in [-0.2, 0) is 9.53 Å². The van der Waals surface area contributed by atoms with Gasteiger partial charge in [-0.05, 0) is 37.1 Å². The zero-order chi connectivity index (χ0) is 16.2. The first-order chi connectivity index (χ1) is 10.7. The summed E-state index contributed by atoms with van der Waals surface area (Å²) in [6, 6.07) is 7.48.